The zero-order valence-electron chi connectivity index (χ0n) is 14.3. The molecule has 1 aromatic heterocycles. The number of piperidine rings is 1. The fraction of sp³-hybridized carbons (Fsp3) is 0.500. The van der Waals surface area contributed by atoms with Crippen LogP contribution in [0.3, 0.4) is 0 Å². The highest BCUT2D eigenvalue weighted by Crippen LogP contribution is 2.26. The van der Waals surface area contributed by atoms with Crippen molar-refractivity contribution in [2.45, 2.75) is 39.7 Å². The molecule has 6 heteroatoms. The van der Waals surface area contributed by atoms with Crippen molar-refractivity contribution in [3.05, 3.63) is 30.3 Å². The summed E-state index contributed by atoms with van der Waals surface area (Å²) in [6.45, 7) is 7.24. The smallest absolute Gasteiger partial charge is 0.227 e. The maximum absolute atomic E-state index is 14.1. The van der Waals surface area contributed by atoms with Crippen LogP contribution in [0.5, 0.6) is 0 Å². The molecule has 0 aliphatic carbocycles. The molecule has 0 saturated carbocycles. The fourth-order valence-electron chi connectivity index (χ4n) is 3.07. The van der Waals surface area contributed by atoms with Gasteiger partial charge in [0.05, 0.1) is 10.9 Å². The molecule has 0 unspecified atom stereocenters. The predicted octanol–water partition coefficient (Wildman–Crippen LogP) is 3.22. The average Bonchev–Trinajstić information content (AvgIpc) is 2.54. The van der Waals surface area contributed by atoms with Gasteiger partial charge in [0.1, 0.15) is 18.0 Å². The van der Waals surface area contributed by atoms with Crippen molar-refractivity contribution < 1.29 is 9.18 Å². The van der Waals surface area contributed by atoms with Crippen LogP contribution < -0.4 is 5.32 Å². The summed E-state index contributed by atoms with van der Waals surface area (Å²) in [4.78, 5) is 22.6. The van der Waals surface area contributed by atoms with Gasteiger partial charge in [0, 0.05) is 24.5 Å². The highest BCUT2D eigenvalue weighted by atomic mass is 19.1. The monoisotopic (exact) mass is 330 g/mol. The van der Waals surface area contributed by atoms with Crippen LogP contribution in [-0.4, -0.2) is 39.9 Å². The number of carbonyl (C=O) groups excluding carboxylic acids is 1. The van der Waals surface area contributed by atoms with Crippen LogP contribution in [0.15, 0.2) is 24.5 Å². The minimum absolute atomic E-state index is 0.173. The minimum Gasteiger partial charge on any atom is -0.367 e. The van der Waals surface area contributed by atoms with E-state index in [1.807, 2.05) is 25.7 Å². The Balaban J connectivity index is 1.70. The lowest BCUT2D eigenvalue weighted by Gasteiger charge is -2.36. The van der Waals surface area contributed by atoms with Crippen molar-refractivity contribution >= 4 is 22.6 Å². The number of benzene rings is 1. The topological polar surface area (TPSA) is 58.1 Å². The number of nitrogens with one attached hydrogen (secondary N) is 1. The van der Waals surface area contributed by atoms with Crippen LogP contribution in [0.4, 0.5) is 10.2 Å². The molecule has 2 heterocycles. The normalized spacial score (nSPS) is 16.4. The Morgan fingerprint density at radius 3 is 2.62 bits per heavy atom. The molecule has 1 N–H and O–H groups in total. The van der Waals surface area contributed by atoms with E-state index in [1.165, 1.54) is 12.4 Å². The van der Waals surface area contributed by atoms with Crippen LogP contribution in [0.25, 0.3) is 10.9 Å². The number of amides is 1. The van der Waals surface area contributed by atoms with Gasteiger partial charge in [0.2, 0.25) is 5.91 Å². The van der Waals surface area contributed by atoms with E-state index in [9.17, 15) is 9.18 Å². The van der Waals surface area contributed by atoms with E-state index >= 15 is 0 Å². The second-order valence-electron chi connectivity index (χ2n) is 7.32. The summed E-state index contributed by atoms with van der Waals surface area (Å²) in [7, 11) is 0. The first kappa shape index (κ1) is 16.6. The molecule has 3 rings (SSSR count). The first-order valence-corrected chi connectivity index (χ1v) is 8.31. The van der Waals surface area contributed by atoms with Gasteiger partial charge in [-0.05, 0) is 25.0 Å². The number of rotatable bonds is 2. The van der Waals surface area contributed by atoms with E-state index < -0.39 is 0 Å². The maximum Gasteiger partial charge on any atom is 0.227 e. The summed E-state index contributed by atoms with van der Waals surface area (Å²) in [6.07, 6.45) is 3.09. The van der Waals surface area contributed by atoms with E-state index in [2.05, 4.69) is 15.3 Å². The summed E-state index contributed by atoms with van der Waals surface area (Å²) < 4.78 is 14.1. The number of hydrogen-bond donors (Lipinski definition) is 1. The van der Waals surface area contributed by atoms with Gasteiger partial charge < -0.3 is 10.2 Å². The summed E-state index contributed by atoms with van der Waals surface area (Å²) in [5, 5.41) is 3.76. The Morgan fingerprint density at radius 1 is 1.25 bits per heavy atom. The fourth-order valence-corrected chi connectivity index (χ4v) is 3.07. The largest absolute Gasteiger partial charge is 0.367 e. The quantitative estimate of drug-likeness (QED) is 0.918. The highest BCUT2D eigenvalue weighted by molar-refractivity contribution is 5.89. The number of hydrogen-bond acceptors (Lipinski definition) is 4. The Morgan fingerprint density at radius 2 is 1.96 bits per heavy atom. The van der Waals surface area contributed by atoms with Gasteiger partial charge in [0.15, 0.2) is 0 Å². The third-order valence-corrected chi connectivity index (χ3v) is 4.38. The van der Waals surface area contributed by atoms with Gasteiger partial charge >= 0.3 is 0 Å². The van der Waals surface area contributed by atoms with Gasteiger partial charge in [-0.1, -0.05) is 26.8 Å². The highest BCUT2D eigenvalue weighted by Gasteiger charge is 2.30. The van der Waals surface area contributed by atoms with E-state index in [-0.39, 0.29) is 23.2 Å². The molecule has 1 aromatic carbocycles. The van der Waals surface area contributed by atoms with E-state index in [0.717, 1.165) is 12.8 Å². The molecule has 1 aliphatic rings. The number of likely N-dealkylation sites (tertiary alicyclic amines) is 1. The lowest BCUT2D eigenvalue weighted by atomic mass is 9.93. The molecule has 0 spiro atoms. The Kier molecular flexibility index (Phi) is 4.39. The molecule has 1 amide bonds. The molecule has 1 fully saturated rings. The molecular weight excluding hydrogens is 307 g/mol. The van der Waals surface area contributed by atoms with E-state index in [1.54, 1.807) is 12.1 Å². The summed E-state index contributed by atoms with van der Waals surface area (Å²) >= 11 is 0. The third-order valence-electron chi connectivity index (χ3n) is 4.38. The second-order valence-corrected chi connectivity index (χ2v) is 7.32. The standard InChI is InChI=1S/C18H23FN4O/c1-18(2,3)17(24)23-9-7-12(8-10-23)22-16-15-13(19)5-4-6-14(15)20-11-21-16/h4-6,11-12H,7-10H2,1-3H3,(H,20,21,22). The zero-order chi connectivity index (χ0) is 17.3. The van der Waals surface area contributed by atoms with Crippen molar-refractivity contribution in [3.63, 3.8) is 0 Å². The lowest BCUT2D eigenvalue weighted by Crippen LogP contribution is -2.46. The van der Waals surface area contributed by atoms with Crippen LogP contribution in [0.2, 0.25) is 0 Å². The predicted molar refractivity (Wildman–Crippen MR) is 92.2 cm³/mol. The average molecular weight is 330 g/mol. The number of aromatic nitrogens is 2. The molecule has 1 aliphatic heterocycles. The van der Waals surface area contributed by atoms with Crippen LogP contribution in [-0.2, 0) is 4.79 Å². The molecule has 1 saturated heterocycles. The molecule has 0 bridgehead atoms. The number of halogens is 1. The molecule has 128 valence electrons. The van der Waals surface area contributed by atoms with Crippen LogP contribution in [0.1, 0.15) is 33.6 Å². The third kappa shape index (κ3) is 3.32. The van der Waals surface area contributed by atoms with Gasteiger partial charge in [-0.2, -0.15) is 0 Å². The lowest BCUT2D eigenvalue weighted by molar-refractivity contribution is -0.140. The van der Waals surface area contributed by atoms with Gasteiger partial charge in [-0.15, -0.1) is 0 Å². The molecule has 2 aromatic rings. The van der Waals surface area contributed by atoms with Crippen molar-refractivity contribution in [3.8, 4) is 0 Å². The molecular formula is C18H23FN4O. The van der Waals surface area contributed by atoms with Crippen LogP contribution >= 0.6 is 0 Å². The van der Waals surface area contributed by atoms with Crippen molar-refractivity contribution in [2.24, 2.45) is 5.41 Å². The SMILES string of the molecule is CC(C)(C)C(=O)N1CCC(Nc2ncnc3cccc(F)c23)CC1. The van der Waals surface area contributed by atoms with E-state index in [0.29, 0.717) is 29.8 Å². The number of carbonyl (C=O) groups is 1. The van der Waals surface area contributed by atoms with Crippen molar-refractivity contribution in [1.82, 2.24) is 14.9 Å². The first-order chi connectivity index (χ1) is 11.4. The van der Waals surface area contributed by atoms with Crippen LogP contribution in [0, 0.1) is 11.2 Å². The summed E-state index contributed by atoms with van der Waals surface area (Å²) in [5.41, 5.74) is 0.236. The van der Waals surface area contributed by atoms with Crippen molar-refractivity contribution in [2.75, 3.05) is 18.4 Å². The Bertz CT molecular complexity index is 743. The Labute approximate surface area is 141 Å². The van der Waals surface area contributed by atoms with Gasteiger partial charge in [0.25, 0.3) is 0 Å². The number of nitrogens with zero attached hydrogens (tertiary/aromatic N) is 3. The Hall–Kier alpha value is -2.24. The van der Waals surface area contributed by atoms with Gasteiger partial charge in [-0.3, -0.25) is 4.79 Å². The molecule has 5 nitrogen and oxygen atoms in total. The zero-order valence-corrected chi connectivity index (χ0v) is 14.3. The number of anilines is 1. The van der Waals surface area contributed by atoms with E-state index in [4.69, 9.17) is 0 Å². The summed E-state index contributed by atoms with van der Waals surface area (Å²) in [5.74, 6) is 0.383. The maximum atomic E-state index is 14.1. The molecule has 0 radical (unpaired) electrons. The summed E-state index contributed by atoms with van der Waals surface area (Å²) in [6, 6.07) is 5.01. The van der Waals surface area contributed by atoms with Crippen molar-refractivity contribution in [1.29, 1.82) is 0 Å². The number of fused-ring (bicyclic) bond motifs is 1. The molecule has 0 atom stereocenters. The minimum atomic E-state index is -0.355. The first-order valence-electron chi connectivity index (χ1n) is 8.31. The second kappa shape index (κ2) is 6.34. The molecule has 24 heavy (non-hydrogen) atoms. The van der Waals surface area contributed by atoms with Gasteiger partial charge in [-0.25, -0.2) is 14.4 Å².